The number of rotatable bonds is 3. The summed E-state index contributed by atoms with van der Waals surface area (Å²) < 4.78 is 18.6. The summed E-state index contributed by atoms with van der Waals surface area (Å²) in [7, 11) is 0. The summed E-state index contributed by atoms with van der Waals surface area (Å²) in [5.41, 5.74) is 6.49. The molecule has 0 atom stereocenters. The number of nitrogens with one attached hydrogen (secondary N) is 1. The Labute approximate surface area is 84.8 Å². The van der Waals surface area contributed by atoms with Crippen LogP contribution in [0.2, 0.25) is 0 Å². The lowest BCUT2D eigenvalue weighted by Gasteiger charge is -2.07. The summed E-state index contributed by atoms with van der Waals surface area (Å²) in [6.07, 6.45) is 1.16. The maximum absolute atomic E-state index is 13.1. The third kappa shape index (κ3) is 2.46. The van der Waals surface area contributed by atoms with Crippen LogP contribution in [-0.4, -0.2) is 23.3 Å². The lowest BCUT2D eigenvalue weighted by molar-refractivity contribution is 0.0510. The van der Waals surface area contributed by atoms with Crippen molar-refractivity contribution in [3.63, 3.8) is 0 Å². The topological polar surface area (TPSA) is 86.3 Å². The standard InChI is InChI=1S/C8H10FN3O3/c1-2-15-7(13)6-5(9)3-4-12(6)11-8(10)14/h3-4H,2H2,1H3,(H3,10,11,14). The van der Waals surface area contributed by atoms with Gasteiger partial charge in [-0.15, -0.1) is 0 Å². The van der Waals surface area contributed by atoms with Gasteiger partial charge in [-0.3, -0.25) is 0 Å². The molecule has 1 heterocycles. The summed E-state index contributed by atoms with van der Waals surface area (Å²) in [6, 6.07) is 0.110. The highest BCUT2D eigenvalue weighted by atomic mass is 19.1. The number of carbonyl (C=O) groups excluding carboxylic acids is 2. The van der Waals surface area contributed by atoms with Crippen LogP contribution >= 0.6 is 0 Å². The molecule has 82 valence electrons. The molecule has 0 unspecified atom stereocenters. The number of carbonyl (C=O) groups is 2. The van der Waals surface area contributed by atoms with E-state index in [0.29, 0.717) is 0 Å². The van der Waals surface area contributed by atoms with Gasteiger partial charge in [0.2, 0.25) is 0 Å². The van der Waals surface area contributed by atoms with E-state index in [1.54, 1.807) is 6.92 Å². The lowest BCUT2D eigenvalue weighted by Crippen LogP contribution is -2.30. The molecule has 0 bridgehead atoms. The zero-order chi connectivity index (χ0) is 11.4. The third-order valence-electron chi connectivity index (χ3n) is 1.54. The maximum Gasteiger partial charge on any atom is 0.359 e. The van der Waals surface area contributed by atoms with Crippen LogP contribution < -0.4 is 11.2 Å². The summed E-state index contributed by atoms with van der Waals surface area (Å²) in [6.45, 7) is 1.70. The van der Waals surface area contributed by atoms with Crippen LogP contribution in [0.1, 0.15) is 17.4 Å². The molecule has 0 radical (unpaired) electrons. The number of amides is 2. The zero-order valence-corrected chi connectivity index (χ0v) is 7.99. The van der Waals surface area contributed by atoms with Gasteiger partial charge in [0.1, 0.15) is 0 Å². The fourth-order valence-corrected chi connectivity index (χ4v) is 1.02. The zero-order valence-electron chi connectivity index (χ0n) is 7.99. The third-order valence-corrected chi connectivity index (χ3v) is 1.54. The molecule has 1 rings (SSSR count). The van der Waals surface area contributed by atoms with Crippen LogP contribution in [0.5, 0.6) is 0 Å². The minimum atomic E-state index is -0.906. The van der Waals surface area contributed by atoms with Gasteiger partial charge in [0, 0.05) is 6.20 Å². The first-order valence-corrected chi connectivity index (χ1v) is 4.16. The molecule has 3 N–H and O–H groups in total. The molecule has 15 heavy (non-hydrogen) atoms. The van der Waals surface area contributed by atoms with Gasteiger partial charge in [0.15, 0.2) is 11.5 Å². The molecule has 0 aliphatic carbocycles. The number of hydrogen-bond donors (Lipinski definition) is 2. The van der Waals surface area contributed by atoms with Crippen LogP contribution in [0, 0.1) is 5.82 Å². The molecule has 0 aliphatic heterocycles. The quantitative estimate of drug-likeness (QED) is 0.716. The Morgan fingerprint density at radius 2 is 2.33 bits per heavy atom. The molecule has 1 aromatic heterocycles. The van der Waals surface area contributed by atoms with Crippen molar-refractivity contribution in [2.45, 2.75) is 6.92 Å². The van der Waals surface area contributed by atoms with E-state index >= 15 is 0 Å². The normalized spacial score (nSPS) is 9.73. The molecule has 0 aromatic carbocycles. The van der Waals surface area contributed by atoms with E-state index in [1.807, 2.05) is 5.43 Å². The van der Waals surface area contributed by atoms with Crippen molar-refractivity contribution >= 4 is 12.0 Å². The molecule has 0 saturated heterocycles. The minimum Gasteiger partial charge on any atom is -0.461 e. The van der Waals surface area contributed by atoms with Gasteiger partial charge in [-0.25, -0.2) is 24.1 Å². The molecule has 1 aromatic rings. The first-order valence-electron chi connectivity index (χ1n) is 4.16. The predicted octanol–water partition coefficient (Wildman–Crippen LogP) is 0.426. The number of primary amides is 1. The highest BCUT2D eigenvalue weighted by Gasteiger charge is 2.19. The smallest absolute Gasteiger partial charge is 0.359 e. The van der Waals surface area contributed by atoms with Gasteiger partial charge >= 0.3 is 12.0 Å². The summed E-state index contributed by atoms with van der Waals surface area (Å²) in [4.78, 5) is 21.8. The predicted molar refractivity (Wildman–Crippen MR) is 49.3 cm³/mol. The molecular formula is C8H10FN3O3. The number of nitrogens with zero attached hydrogens (tertiary/aromatic N) is 1. The van der Waals surface area contributed by atoms with Crippen molar-refractivity contribution in [2.75, 3.05) is 12.0 Å². The SMILES string of the molecule is CCOC(=O)c1c(F)ccn1NC(N)=O. The molecule has 2 amide bonds. The van der Waals surface area contributed by atoms with Crippen molar-refractivity contribution in [3.05, 3.63) is 23.8 Å². The number of hydrogen-bond acceptors (Lipinski definition) is 3. The molecule has 0 spiro atoms. The Kier molecular flexibility index (Phi) is 3.27. The number of nitrogens with two attached hydrogens (primary N) is 1. The highest BCUT2D eigenvalue weighted by Crippen LogP contribution is 2.09. The van der Waals surface area contributed by atoms with E-state index in [2.05, 4.69) is 4.74 Å². The number of aromatic nitrogens is 1. The number of esters is 1. The largest absolute Gasteiger partial charge is 0.461 e. The number of ether oxygens (including phenoxy) is 1. The maximum atomic E-state index is 13.1. The first kappa shape index (κ1) is 11.0. The Morgan fingerprint density at radius 1 is 1.67 bits per heavy atom. The van der Waals surface area contributed by atoms with E-state index in [-0.39, 0.29) is 6.61 Å². The lowest BCUT2D eigenvalue weighted by atomic mass is 10.4. The highest BCUT2D eigenvalue weighted by molar-refractivity contribution is 5.89. The van der Waals surface area contributed by atoms with Gasteiger partial charge in [-0.2, -0.15) is 0 Å². The van der Waals surface area contributed by atoms with E-state index in [4.69, 9.17) is 5.73 Å². The molecule has 0 aliphatic rings. The monoisotopic (exact) mass is 215 g/mol. The second-order valence-electron chi connectivity index (χ2n) is 2.58. The number of halogens is 1. The summed E-state index contributed by atoms with van der Waals surface area (Å²) >= 11 is 0. The Morgan fingerprint density at radius 3 is 2.87 bits per heavy atom. The van der Waals surface area contributed by atoms with Gasteiger partial charge in [0.05, 0.1) is 6.61 Å². The van der Waals surface area contributed by atoms with Crippen LogP contribution in [-0.2, 0) is 4.74 Å². The minimum absolute atomic E-state index is 0.111. The molecular weight excluding hydrogens is 205 g/mol. The van der Waals surface area contributed by atoms with Crippen molar-refractivity contribution in [1.29, 1.82) is 0 Å². The fraction of sp³-hybridized carbons (Fsp3) is 0.250. The average Bonchev–Trinajstić information content (AvgIpc) is 2.46. The van der Waals surface area contributed by atoms with Gasteiger partial charge in [0.25, 0.3) is 0 Å². The second kappa shape index (κ2) is 4.45. The van der Waals surface area contributed by atoms with Crippen LogP contribution in [0.4, 0.5) is 9.18 Å². The van der Waals surface area contributed by atoms with E-state index in [0.717, 1.165) is 16.9 Å². The average molecular weight is 215 g/mol. The Hall–Kier alpha value is -2.05. The van der Waals surface area contributed by atoms with Crippen molar-refractivity contribution in [2.24, 2.45) is 5.73 Å². The van der Waals surface area contributed by atoms with Crippen molar-refractivity contribution < 1.29 is 18.7 Å². The van der Waals surface area contributed by atoms with Crippen molar-refractivity contribution in [1.82, 2.24) is 4.68 Å². The van der Waals surface area contributed by atoms with E-state index in [9.17, 15) is 14.0 Å². The summed E-state index contributed by atoms with van der Waals surface area (Å²) in [5.74, 6) is -1.66. The summed E-state index contributed by atoms with van der Waals surface area (Å²) in [5, 5.41) is 0. The van der Waals surface area contributed by atoms with E-state index < -0.39 is 23.5 Å². The molecule has 7 heteroatoms. The van der Waals surface area contributed by atoms with Gasteiger partial charge in [-0.05, 0) is 13.0 Å². The van der Waals surface area contributed by atoms with E-state index in [1.165, 1.54) is 0 Å². The molecule has 0 saturated carbocycles. The van der Waals surface area contributed by atoms with Crippen LogP contribution in [0.25, 0.3) is 0 Å². The molecule has 6 nitrogen and oxygen atoms in total. The van der Waals surface area contributed by atoms with Crippen LogP contribution in [0.15, 0.2) is 12.3 Å². The Balaban J connectivity index is 2.98. The second-order valence-corrected chi connectivity index (χ2v) is 2.58. The number of urea groups is 1. The van der Waals surface area contributed by atoms with Gasteiger partial charge < -0.3 is 10.5 Å². The molecule has 0 fully saturated rings. The van der Waals surface area contributed by atoms with Crippen molar-refractivity contribution in [3.8, 4) is 0 Å². The van der Waals surface area contributed by atoms with Gasteiger partial charge in [-0.1, -0.05) is 0 Å². The Bertz CT molecular complexity index is 388. The first-order chi connectivity index (χ1) is 7.06. The van der Waals surface area contributed by atoms with Crippen LogP contribution in [0.3, 0.4) is 0 Å². The fourth-order valence-electron chi connectivity index (χ4n) is 1.02.